The van der Waals surface area contributed by atoms with E-state index in [2.05, 4.69) is 20.0 Å². The highest BCUT2D eigenvalue weighted by atomic mass is 35.5. The minimum atomic E-state index is 0.610. The highest BCUT2D eigenvalue weighted by molar-refractivity contribution is 6.31. The Morgan fingerprint density at radius 2 is 1.83 bits per heavy atom. The summed E-state index contributed by atoms with van der Waals surface area (Å²) in [7, 11) is 0. The number of nitrogens with one attached hydrogen (secondary N) is 1. The molecule has 152 valence electrons. The Hall–Kier alpha value is -2.18. The van der Waals surface area contributed by atoms with Gasteiger partial charge in [0.15, 0.2) is 5.65 Å². The van der Waals surface area contributed by atoms with Crippen molar-refractivity contribution in [3.8, 4) is 0 Å². The number of rotatable bonds is 4. The summed E-state index contributed by atoms with van der Waals surface area (Å²) in [6.45, 7) is 5.11. The van der Waals surface area contributed by atoms with Crippen molar-refractivity contribution in [2.45, 2.75) is 44.7 Å². The van der Waals surface area contributed by atoms with E-state index < -0.39 is 0 Å². The maximum atomic E-state index is 6.34. The molecule has 2 aromatic heterocycles. The number of quaternary nitrogens is 1. The fraction of sp³-hybridized carbons (Fsp3) is 0.500. The van der Waals surface area contributed by atoms with Crippen LogP contribution in [0.5, 0.6) is 0 Å². The summed E-state index contributed by atoms with van der Waals surface area (Å²) in [6.07, 6.45) is 10.6. The smallest absolute Gasteiger partial charge is 0.163 e. The SMILES string of the molecule is Clc1ccccc1Cn1ncc2c(N3CC[NH+](C4CCCCC4)CC3)ncnc21. The number of anilines is 1. The summed E-state index contributed by atoms with van der Waals surface area (Å²) >= 11 is 6.34. The second-order valence-corrected chi connectivity index (χ2v) is 8.72. The Morgan fingerprint density at radius 1 is 1.03 bits per heavy atom. The van der Waals surface area contributed by atoms with Crippen LogP contribution in [0.25, 0.3) is 11.0 Å². The highest BCUT2D eigenvalue weighted by Gasteiger charge is 2.29. The minimum Gasteiger partial charge on any atom is -0.345 e. The lowest BCUT2D eigenvalue weighted by Crippen LogP contribution is -3.18. The molecule has 2 aliphatic rings. The summed E-state index contributed by atoms with van der Waals surface area (Å²) in [5.41, 5.74) is 1.92. The molecule has 7 heteroatoms. The number of benzene rings is 1. The molecule has 0 bridgehead atoms. The topological polar surface area (TPSA) is 51.3 Å². The zero-order chi connectivity index (χ0) is 19.6. The van der Waals surface area contributed by atoms with Crippen molar-refractivity contribution < 1.29 is 4.90 Å². The molecular weight excluding hydrogens is 384 g/mol. The molecule has 0 atom stereocenters. The predicted octanol–water partition coefficient (Wildman–Crippen LogP) is 2.57. The van der Waals surface area contributed by atoms with Crippen LogP contribution < -0.4 is 9.80 Å². The van der Waals surface area contributed by atoms with E-state index >= 15 is 0 Å². The van der Waals surface area contributed by atoms with Crippen molar-refractivity contribution >= 4 is 28.5 Å². The lowest BCUT2D eigenvalue weighted by Gasteiger charge is -2.38. The van der Waals surface area contributed by atoms with Gasteiger partial charge in [-0.1, -0.05) is 36.2 Å². The molecule has 0 amide bonds. The molecule has 1 saturated heterocycles. The average molecular weight is 412 g/mol. The first-order valence-corrected chi connectivity index (χ1v) is 11.2. The van der Waals surface area contributed by atoms with Crippen molar-refractivity contribution in [1.29, 1.82) is 0 Å². The van der Waals surface area contributed by atoms with Crippen LogP contribution in [0.15, 0.2) is 36.8 Å². The van der Waals surface area contributed by atoms with Crippen LogP contribution in [0, 0.1) is 0 Å². The van der Waals surface area contributed by atoms with Crippen LogP contribution >= 0.6 is 11.6 Å². The maximum Gasteiger partial charge on any atom is 0.163 e. The van der Waals surface area contributed by atoms with E-state index in [0.29, 0.717) is 6.54 Å². The van der Waals surface area contributed by atoms with Crippen molar-refractivity contribution in [3.63, 3.8) is 0 Å². The lowest BCUT2D eigenvalue weighted by atomic mass is 9.94. The van der Waals surface area contributed by atoms with Gasteiger partial charge < -0.3 is 9.80 Å². The van der Waals surface area contributed by atoms with Crippen molar-refractivity contribution in [2.75, 3.05) is 31.1 Å². The molecule has 1 aromatic carbocycles. The molecular formula is C22H28ClN6+. The van der Waals surface area contributed by atoms with Crippen molar-refractivity contribution in [1.82, 2.24) is 19.7 Å². The van der Waals surface area contributed by atoms with E-state index in [-0.39, 0.29) is 0 Å². The zero-order valence-corrected chi connectivity index (χ0v) is 17.5. The van der Waals surface area contributed by atoms with Crippen LogP contribution in [-0.4, -0.2) is 52.0 Å². The van der Waals surface area contributed by atoms with Crippen LogP contribution in [-0.2, 0) is 6.54 Å². The average Bonchev–Trinajstić information content (AvgIpc) is 3.19. The van der Waals surface area contributed by atoms with Gasteiger partial charge in [-0.05, 0) is 37.3 Å². The molecule has 1 N–H and O–H groups in total. The summed E-state index contributed by atoms with van der Waals surface area (Å²) in [5.74, 6) is 1.02. The standard InChI is InChI=1S/C22H27ClN6/c23-20-9-5-4-6-17(20)15-29-22-19(14-26-29)21(24-16-25-22)28-12-10-27(11-13-28)18-7-2-1-3-8-18/h4-6,9,14,16,18H,1-3,7-8,10-13,15H2/p+1. The third kappa shape index (κ3) is 3.83. The van der Waals surface area contributed by atoms with Gasteiger partial charge in [-0.25, -0.2) is 14.6 Å². The molecule has 0 radical (unpaired) electrons. The number of nitrogens with zero attached hydrogens (tertiary/aromatic N) is 5. The summed E-state index contributed by atoms with van der Waals surface area (Å²) in [4.78, 5) is 13.4. The van der Waals surface area contributed by atoms with E-state index in [0.717, 1.165) is 46.6 Å². The third-order valence-electron chi connectivity index (χ3n) is 6.58. The minimum absolute atomic E-state index is 0.610. The van der Waals surface area contributed by atoms with Gasteiger partial charge in [-0.3, -0.25) is 0 Å². The Labute approximate surface area is 176 Å². The number of piperazine rings is 1. The van der Waals surface area contributed by atoms with Crippen LogP contribution in [0.4, 0.5) is 5.82 Å². The number of fused-ring (bicyclic) bond motifs is 1. The normalized spacial score (nSPS) is 19.1. The summed E-state index contributed by atoms with van der Waals surface area (Å²) < 4.78 is 1.92. The van der Waals surface area contributed by atoms with Gasteiger partial charge in [0.25, 0.3) is 0 Å². The number of halogens is 1. The van der Waals surface area contributed by atoms with Gasteiger partial charge >= 0.3 is 0 Å². The largest absolute Gasteiger partial charge is 0.345 e. The number of aromatic nitrogens is 4. The summed E-state index contributed by atoms with van der Waals surface area (Å²) in [5, 5.41) is 6.38. The number of hydrogen-bond acceptors (Lipinski definition) is 4. The molecule has 6 nitrogen and oxygen atoms in total. The predicted molar refractivity (Wildman–Crippen MR) is 116 cm³/mol. The molecule has 2 fully saturated rings. The van der Waals surface area contributed by atoms with E-state index in [1.54, 1.807) is 11.2 Å². The van der Waals surface area contributed by atoms with Crippen LogP contribution in [0.2, 0.25) is 5.02 Å². The third-order valence-corrected chi connectivity index (χ3v) is 6.95. The van der Waals surface area contributed by atoms with Gasteiger partial charge in [-0.2, -0.15) is 5.10 Å². The fourth-order valence-corrected chi connectivity index (χ4v) is 5.16. The molecule has 5 rings (SSSR count). The van der Waals surface area contributed by atoms with E-state index in [4.69, 9.17) is 11.6 Å². The van der Waals surface area contributed by atoms with Crippen LogP contribution in [0.1, 0.15) is 37.7 Å². The molecule has 3 heterocycles. The first kappa shape index (κ1) is 18.8. The van der Waals surface area contributed by atoms with E-state index in [1.165, 1.54) is 45.2 Å². The second-order valence-electron chi connectivity index (χ2n) is 8.31. The Balaban J connectivity index is 1.34. The second kappa shape index (κ2) is 8.28. The molecule has 29 heavy (non-hydrogen) atoms. The molecule has 1 aliphatic carbocycles. The first-order chi connectivity index (χ1) is 14.3. The van der Waals surface area contributed by atoms with Gasteiger partial charge in [0.1, 0.15) is 12.1 Å². The van der Waals surface area contributed by atoms with Gasteiger partial charge in [0, 0.05) is 5.02 Å². The summed E-state index contributed by atoms with van der Waals surface area (Å²) in [6, 6.07) is 8.76. The van der Waals surface area contributed by atoms with Gasteiger partial charge in [0.05, 0.1) is 50.3 Å². The monoisotopic (exact) mass is 411 g/mol. The Bertz CT molecular complexity index is 972. The van der Waals surface area contributed by atoms with E-state index in [1.807, 2.05) is 35.1 Å². The van der Waals surface area contributed by atoms with Crippen LogP contribution in [0.3, 0.4) is 0 Å². The number of hydrogen-bond donors (Lipinski definition) is 1. The quantitative estimate of drug-likeness (QED) is 0.716. The first-order valence-electron chi connectivity index (χ1n) is 10.8. The zero-order valence-electron chi connectivity index (χ0n) is 16.7. The Morgan fingerprint density at radius 3 is 2.62 bits per heavy atom. The van der Waals surface area contributed by atoms with Gasteiger partial charge in [-0.15, -0.1) is 0 Å². The Kier molecular flexibility index (Phi) is 5.38. The molecule has 0 spiro atoms. The van der Waals surface area contributed by atoms with Gasteiger partial charge in [0.2, 0.25) is 0 Å². The maximum absolute atomic E-state index is 6.34. The fourth-order valence-electron chi connectivity index (χ4n) is 4.96. The van der Waals surface area contributed by atoms with E-state index in [9.17, 15) is 0 Å². The molecule has 1 aliphatic heterocycles. The lowest BCUT2D eigenvalue weighted by molar-refractivity contribution is -0.927. The van der Waals surface area contributed by atoms with Crippen molar-refractivity contribution in [3.05, 3.63) is 47.4 Å². The molecule has 1 saturated carbocycles. The molecule has 3 aromatic rings. The highest BCUT2D eigenvalue weighted by Crippen LogP contribution is 2.24. The van der Waals surface area contributed by atoms with Crippen molar-refractivity contribution in [2.24, 2.45) is 0 Å². The molecule has 0 unspecified atom stereocenters.